The van der Waals surface area contributed by atoms with Gasteiger partial charge >= 0.3 is 0 Å². The van der Waals surface area contributed by atoms with Crippen molar-refractivity contribution in [3.05, 3.63) is 69.7 Å². The molecule has 2 rings (SSSR count). The van der Waals surface area contributed by atoms with Gasteiger partial charge in [-0.15, -0.1) is 0 Å². The molecule has 0 saturated heterocycles. The Bertz CT molecular complexity index is 543. The van der Waals surface area contributed by atoms with E-state index in [1.54, 1.807) is 0 Å². The molecule has 1 nitrogen and oxygen atoms in total. The number of rotatable bonds is 4. The quantitative estimate of drug-likeness (QED) is 0.899. The summed E-state index contributed by atoms with van der Waals surface area (Å²) in [5.74, 6) is -0.811. The van der Waals surface area contributed by atoms with Crippen LogP contribution >= 0.6 is 15.9 Å². The summed E-state index contributed by atoms with van der Waals surface area (Å²) < 4.78 is 27.3. The van der Waals surface area contributed by atoms with Gasteiger partial charge in [0, 0.05) is 23.1 Å². The summed E-state index contributed by atoms with van der Waals surface area (Å²) in [5, 5.41) is 3.09. The molecule has 0 aromatic heterocycles. The second kappa shape index (κ2) is 6.07. The van der Waals surface area contributed by atoms with Gasteiger partial charge in [-0.1, -0.05) is 28.1 Å². The monoisotopic (exact) mass is 311 g/mol. The maximum absolute atomic E-state index is 13.3. The van der Waals surface area contributed by atoms with Crippen molar-refractivity contribution >= 4 is 15.9 Å². The SMILES string of the molecule is Fc1ccc(F)c(CNCc2cccc(Br)c2)c1. The van der Waals surface area contributed by atoms with E-state index >= 15 is 0 Å². The Hall–Kier alpha value is -1.26. The molecule has 0 spiro atoms. The maximum Gasteiger partial charge on any atom is 0.127 e. The lowest BCUT2D eigenvalue weighted by atomic mass is 10.2. The van der Waals surface area contributed by atoms with Crippen LogP contribution in [0.15, 0.2) is 46.9 Å². The van der Waals surface area contributed by atoms with E-state index in [2.05, 4.69) is 21.2 Å². The Morgan fingerprint density at radius 1 is 1.00 bits per heavy atom. The molecule has 2 aromatic rings. The van der Waals surface area contributed by atoms with Crippen LogP contribution in [0.4, 0.5) is 8.78 Å². The predicted molar refractivity (Wildman–Crippen MR) is 71.0 cm³/mol. The van der Waals surface area contributed by atoms with E-state index in [1.807, 2.05) is 24.3 Å². The first-order valence-electron chi connectivity index (χ1n) is 5.54. The third-order valence-electron chi connectivity index (χ3n) is 2.54. The lowest BCUT2D eigenvalue weighted by molar-refractivity contribution is 0.568. The Labute approximate surface area is 113 Å². The predicted octanol–water partition coefficient (Wildman–Crippen LogP) is 4.02. The Morgan fingerprint density at radius 2 is 1.83 bits per heavy atom. The van der Waals surface area contributed by atoms with E-state index < -0.39 is 11.6 Å². The molecule has 0 aliphatic heterocycles. The topological polar surface area (TPSA) is 12.0 Å². The Kier molecular flexibility index (Phi) is 4.44. The highest BCUT2D eigenvalue weighted by Gasteiger charge is 2.03. The summed E-state index contributed by atoms with van der Waals surface area (Å²) in [5.41, 5.74) is 1.42. The van der Waals surface area contributed by atoms with Crippen LogP contribution in [0.25, 0.3) is 0 Å². The zero-order valence-corrected chi connectivity index (χ0v) is 11.2. The normalized spacial score (nSPS) is 10.6. The third kappa shape index (κ3) is 3.62. The third-order valence-corrected chi connectivity index (χ3v) is 3.03. The average molecular weight is 312 g/mol. The van der Waals surface area contributed by atoms with Gasteiger partial charge in [-0.05, 0) is 35.9 Å². The molecule has 0 heterocycles. The van der Waals surface area contributed by atoms with Gasteiger partial charge in [-0.3, -0.25) is 0 Å². The lowest BCUT2D eigenvalue weighted by Gasteiger charge is -2.06. The molecular formula is C14H12BrF2N. The lowest BCUT2D eigenvalue weighted by Crippen LogP contribution is -2.13. The fourth-order valence-corrected chi connectivity index (χ4v) is 2.11. The van der Waals surface area contributed by atoms with E-state index in [9.17, 15) is 8.78 Å². The molecule has 4 heteroatoms. The van der Waals surface area contributed by atoms with Crippen LogP contribution in [0, 0.1) is 11.6 Å². The van der Waals surface area contributed by atoms with E-state index in [1.165, 1.54) is 6.07 Å². The van der Waals surface area contributed by atoms with Gasteiger partial charge in [0.2, 0.25) is 0 Å². The van der Waals surface area contributed by atoms with Crippen molar-refractivity contribution in [2.75, 3.05) is 0 Å². The minimum absolute atomic E-state index is 0.302. The first-order chi connectivity index (χ1) is 8.65. The highest BCUT2D eigenvalue weighted by Crippen LogP contribution is 2.12. The van der Waals surface area contributed by atoms with Crippen LogP contribution in [0.2, 0.25) is 0 Å². The zero-order chi connectivity index (χ0) is 13.0. The standard InChI is InChI=1S/C14H12BrF2N/c15-12-3-1-2-10(6-12)8-18-9-11-7-13(16)4-5-14(11)17/h1-7,18H,8-9H2. The van der Waals surface area contributed by atoms with Gasteiger partial charge in [0.25, 0.3) is 0 Å². The van der Waals surface area contributed by atoms with Crippen molar-refractivity contribution in [2.24, 2.45) is 0 Å². The minimum atomic E-state index is -0.421. The summed E-state index contributed by atoms with van der Waals surface area (Å²) in [4.78, 5) is 0. The number of hydrogen-bond acceptors (Lipinski definition) is 1. The summed E-state index contributed by atoms with van der Waals surface area (Å²) in [6, 6.07) is 11.3. The molecule has 0 aliphatic carbocycles. The van der Waals surface area contributed by atoms with E-state index in [4.69, 9.17) is 0 Å². The van der Waals surface area contributed by atoms with Gasteiger partial charge in [-0.2, -0.15) is 0 Å². The van der Waals surface area contributed by atoms with Gasteiger partial charge in [0.1, 0.15) is 11.6 Å². The number of nitrogens with one attached hydrogen (secondary N) is 1. The van der Waals surface area contributed by atoms with Crippen LogP contribution in [0.3, 0.4) is 0 Å². The van der Waals surface area contributed by atoms with Crippen molar-refractivity contribution in [3.8, 4) is 0 Å². The van der Waals surface area contributed by atoms with Crippen LogP contribution in [-0.4, -0.2) is 0 Å². The first-order valence-corrected chi connectivity index (χ1v) is 6.33. The van der Waals surface area contributed by atoms with Crippen molar-refractivity contribution in [1.29, 1.82) is 0 Å². The second-order valence-corrected chi connectivity index (χ2v) is 4.88. The largest absolute Gasteiger partial charge is 0.309 e. The maximum atomic E-state index is 13.3. The fourth-order valence-electron chi connectivity index (χ4n) is 1.67. The number of hydrogen-bond donors (Lipinski definition) is 1. The molecule has 0 saturated carbocycles. The molecule has 18 heavy (non-hydrogen) atoms. The van der Waals surface area contributed by atoms with Crippen LogP contribution in [0.1, 0.15) is 11.1 Å². The van der Waals surface area contributed by atoms with Gasteiger partial charge in [0.15, 0.2) is 0 Å². The summed E-state index contributed by atoms with van der Waals surface area (Å²) in [7, 11) is 0. The molecular weight excluding hydrogens is 300 g/mol. The first kappa shape index (κ1) is 13.2. The highest BCUT2D eigenvalue weighted by atomic mass is 79.9. The molecule has 1 N–H and O–H groups in total. The molecule has 0 atom stereocenters. The Morgan fingerprint density at radius 3 is 2.61 bits per heavy atom. The molecule has 0 aliphatic rings. The van der Waals surface area contributed by atoms with Crippen LogP contribution < -0.4 is 5.32 Å². The van der Waals surface area contributed by atoms with Crippen molar-refractivity contribution in [2.45, 2.75) is 13.1 Å². The fraction of sp³-hybridized carbons (Fsp3) is 0.143. The van der Waals surface area contributed by atoms with E-state index in [0.29, 0.717) is 18.7 Å². The summed E-state index contributed by atoms with van der Waals surface area (Å²) in [6.45, 7) is 0.908. The average Bonchev–Trinajstić information content (AvgIpc) is 2.34. The molecule has 2 aromatic carbocycles. The molecule has 0 radical (unpaired) electrons. The molecule has 94 valence electrons. The van der Waals surface area contributed by atoms with Gasteiger partial charge < -0.3 is 5.32 Å². The van der Waals surface area contributed by atoms with Crippen molar-refractivity contribution in [1.82, 2.24) is 5.32 Å². The molecule has 0 fully saturated rings. The van der Waals surface area contributed by atoms with E-state index in [-0.39, 0.29) is 0 Å². The minimum Gasteiger partial charge on any atom is -0.309 e. The number of benzene rings is 2. The van der Waals surface area contributed by atoms with Crippen molar-refractivity contribution in [3.63, 3.8) is 0 Å². The summed E-state index contributed by atoms with van der Waals surface area (Å²) in [6.07, 6.45) is 0. The van der Waals surface area contributed by atoms with Gasteiger partial charge in [-0.25, -0.2) is 8.78 Å². The van der Waals surface area contributed by atoms with E-state index in [0.717, 1.165) is 22.2 Å². The summed E-state index contributed by atoms with van der Waals surface area (Å²) >= 11 is 3.38. The second-order valence-electron chi connectivity index (χ2n) is 3.97. The van der Waals surface area contributed by atoms with Crippen LogP contribution in [-0.2, 0) is 13.1 Å². The molecule has 0 unspecified atom stereocenters. The molecule has 0 amide bonds. The zero-order valence-electron chi connectivity index (χ0n) is 9.59. The van der Waals surface area contributed by atoms with Crippen LogP contribution in [0.5, 0.6) is 0 Å². The Balaban J connectivity index is 1.94. The number of halogens is 3. The van der Waals surface area contributed by atoms with Crippen molar-refractivity contribution < 1.29 is 8.78 Å². The molecule has 0 bridgehead atoms. The smallest absolute Gasteiger partial charge is 0.127 e. The highest BCUT2D eigenvalue weighted by molar-refractivity contribution is 9.10. The van der Waals surface area contributed by atoms with Gasteiger partial charge in [0.05, 0.1) is 0 Å².